The molecule has 1 saturated carbocycles. The van der Waals surface area contributed by atoms with Crippen LogP contribution in [-0.2, 0) is 16.1 Å². The third-order valence-electron chi connectivity index (χ3n) is 6.65. The van der Waals surface area contributed by atoms with E-state index in [-0.39, 0.29) is 30.2 Å². The molecule has 2 aliphatic heterocycles. The van der Waals surface area contributed by atoms with Gasteiger partial charge in [0.05, 0.1) is 0 Å². The molecule has 162 valence electrons. The second-order valence-corrected chi connectivity index (χ2v) is 8.80. The van der Waals surface area contributed by atoms with Crippen molar-refractivity contribution in [2.45, 2.75) is 83.6 Å². The molecule has 1 aromatic carbocycles. The highest BCUT2D eigenvalue weighted by Gasteiger charge is 2.39. The average molecular weight is 414 g/mol. The Balaban J connectivity index is 1.48. The van der Waals surface area contributed by atoms with Crippen LogP contribution in [0.3, 0.4) is 0 Å². The molecule has 1 aromatic rings. The second kappa shape index (κ2) is 8.38. The molecule has 3 aliphatic rings. The predicted molar refractivity (Wildman–Crippen MR) is 112 cm³/mol. The zero-order chi connectivity index (χ0) is 21.4. The highest BCUT2D eigenvalue weighted by Crippen LogP contribution is 2.33. The third-order valence-corrected chi connectivity index (χ3v) is 6.65. The van der Waals surface area contributed by atoms with Crippen LogP contribution in [0, 0.1) is 0 Å². The maximum absolute atomic E-state index is 12.8. The van der Waals surface area contributed by atoms with Crippen LogP contribution in [-0.4, -0.2) is 58.3 Å². The number of benzene rings is 1. The zero-order valence-electron chi connectivity index (χ0n) is 18.0. The molecule has 30 heavy (non-hydrogen) atoms. The third kappa shape index (κ3) is 3.83. The van der Waals surface area contributed by atoms with E-state index in [0.717, 1.165) is 37.1 Å². The lowest BCUT2D eigenvalue weighted by molar-refractivity contribution is -0.136. The zero-order valence-corrected chi connectivity index (χ0v) is 18.0. The molecule has 7 heteroatoms. The second-order valence-electron chi connectivity index (χ2n) is 8.80. The standard InChI is InChI=1S/C23H31N3O4/c1-4-25(14(2)3)18-6-5-7-20(18)30-16-8-9-17-15(12-16)13-26(23(17)29)19-10-11-21(27)24-22(19)28/h8-9,12,14,18-20H,4-7,10-11,13H2,1-3H3,(H,24,27,28)/t18-,19?,20-/m1/s1. The number of nitrogens with one attached hydrogen (secondary N) is 1. The van der Waals surface area contributed by atoms with Crippen molar-refractivity contribution in [1.29, 1.82) is 0 Å². The molecule has 2 heterocycles. The Hall–Kier alpha value is -2.41. The molecule has 1 saturated heterocycles. The Morgan fingerprint density at radius 1 is 1.20 bits per heavy atom. The molecule has 0 spiro atoms. The van der Waals surface area contributed by atoms with Gasteiger partial charge >= 0.3 is 0 Å². The Kier molecular flexibility index (Phi) is 5.82. The monoisotopic (exact) mass is 413 g/mol. The SMILES string of the molecule is CCN(C(C)C)[C@@H]1CCC[C@H]1Oc1ccc2c(c1)CN(C1CCC(=O)NC1=O)C2=O. The maximum Gasteiger partial charge on any atom is 0.255 e. The van der Waals surface area contributed by atoms with E-state index < -0.39 is 6.04 Å². The van der Waals surface area contributed by atoms with Crippen molar-refractivity contribution >= 4 is 17.7 Å². The van der Waals surface area contributed by atoms with Crippen molar-refractivity contribution in [3.8, 4) is 5.75 Å². The van der Waals surface area contributed by atoms with Gasteiger partial charge in [-0.25, -0.2) is 0 Å². The van der Waals surface area contributed by atoms with E-state index in [0.29, 0.717) is 30.6 Å². The molecule has 0 radical (unpaired) electrons. The molecule has 3 amide bonds. The Morgan fingerprint density at radius 2 is 2.00 bits per heavy atom. The molecular formula is C23H31N3O4. The van der Waals surface area contributed by atoms with Crippen LogP contribution in [0.2, 0.25) is 0 Å². The molecule has 0 bridgehead atoms. The van der Waals surface area contributed by atoms with Crippen LogP contribution in [0.15, 0.2) is 18.2 Å². The fraction of sp³-hybridized carbons (Fsp3) is 0.609. The summed E-state index contributed by atoms with van der Waals surface area (Å²) in [5.74, 6) is -0.0269. The van der Waals surface area contributed by atoms with Crippen LogP contribution >= 0.6 is 0 Å². The number of ether oxygens (including phenoxy) is 1. The van der Waals surface area contributed by atoms with E-state index in [1.807, 2.05) is 18.2 Å². The van der Waals surface area contributed by atoms with Crippen molar-refractivity contribution in [3.63, 3.8) is 0 Å². The van der Waals surface area contributed by atoms with Gasteiger partial charge in [0.1, 0.15) is 17.9 Å². The number of hydrogen-bond donors (Lipinski definition) is 1. The molecule has 2 fully saturated rings. The number of likely N-dealkylation sites (N-methyl/N-ethyl adjacent to an activating group) is 1. The van der Waals surface area contributed by atoms with Crippen molar-refractivity contribution in [2.24, 2.45) is 0 Å². The van der Waals surface area contributed by atoms with Crippen LogP contribution in [0.4, 0.5) is 0 Å². The summed E-state index contributed by atoms with van der Waals surface area (Å²) in [6.45, 7) is 8.02. The summed E-state index contributed by atoms with van der Waals surface area (Å²) >= 11 is 0. The van der Waals surface area contributed by atoms with E-state index >= 15 is 0 Å². The number of piperidine rings is 1. The quantitative estimate of drug-likeness (QED) is 0.725. The molecule has 3 atom stereocenters. The van der Waals surface area contributed by atoms with Crippen molar-refractivity contribution in [2.75, 3.05) is 6.54 Å². The lowest BCUT2D eigenvalue weighted by atomic mass is 10.0. The average Bonchev–Trinajstić information content (AvgIpc) is 3.27. The van der Waals surface area contributed by atoms with Gasteiger partial charge in [0.15, 0.2) is 0 Å². The van der Waals surface area contributed by atoms with Gasteiger partial charge in [-0.15, -0.1) is 0 Å². The summed E-state index contributed by atoms with van der Waals surface area (Å²) in [5.41, 5.74) is 1.50. The fourth-order valence-corrected chi connectivity index (χ4v) is 5.20. The minimum Gasteiger partial charge on any atom is -0.489 e. The number of hydrogen-bond acceptors (Lipinski definition) is 5. The minimum atomic E-state index is -0.588. The largest absolute Gasteiger partial charge is 0.489 e. The number of fused-ring (bicyclic) bond motifs is 1. The van der Waals surface area contributed by atoms with Gasteiger partial charge < -0.3 is 9.64 Å². The summed E-state index contributed by atoms with van der Waals surface area (Å²) in [7, 11) is 0. The highest BCUT2D eigenvalue weighted by molar-refractivity contribution is 6.05. The molecule has 4 rings (SSSR count). The van der Waals surface area contributed by atoms with Gasteiger partial charge in [-0.1, -0.05) is 6.92 Å². The Bertz CT molecular complexity index is 853. The number of rotatable bonds is 6. The topological polar surface area (TPSA) is 79.0 Å². The fourth-order valence-electron chi connectivity index (χ4n) is 5.20. The molecular weight excluding hydrogens is 382 g/mol. The summed E-state index contributed by atoms with van der Waals surface area (Å²) in [4.78, 5) is 40.6. The van der Waals surface area contributed by atoms with Gasteiger partial charge in [-0.2, -0.15) is 0 Å². The van der Waals surface area contributed by atoms with Crippen LogP contribution < -0.4 is 10.1 Å². The van der Waals surface area contributed by atoms with Gasteiger partial charge in [-0.3, -0.25) is 24.6 Å². The molecule has 1 unspecified atom stereocenters. The summed E-state index contributed by atoms with van der Waals surface area (Å²) in [5, 5.41) is 2.34. The van der Waals surface area contributed by atoms with Gasteiger partial charge in [0.25, 0.3) is 5.91 Å². The van der Waals surface area contributed by atoms with Gasteiger partial charge in [-0.05, 0) is 69.8 Å². The van der Waals surface area contributed by atoms with Crippen LogP contribution in [0.25, 0.3) is 0 Å². The maximum atomic E-state index is 12.8. The Morgan fingerprint density at radius 3 is 2.70 bits per heavy atom. The number of carbonyl (C=O) groups excluding carboxylic acids is 3. The van der Waals surface area contributed by atoms with E-state index in [1.54, 1.807) is 4.90 Å². The van der Waals surface area contributed by atoms with Crippen molar-refractivity contribution in [3.05, 3.63) is 29.3 Å². The predicted octanol–water partition coefficient (Wildman–Crippen LogP) is 2.48. The van der Waals surface area contributed by atoms with Crippen LogP contribution in [0.5, 0.6) is 5.75 Å². The first-order chi connectivity index (χ1) is 14.4. The number of imide groups is 1. The smallest absolute Gasteiger partial charge is 0.255 e. The summed E-state index contributed by atoms with van der Waals surface area (Å²) in [6.07, 6.45) is 4.12. The first kappa shape index (κ1) is 20.8. The number of nitrogens with zero attached hydrogens (tertiary/aromatic N) is 2. The first-order valence-electron chi connectivity index (χ1n) is 11.1. The van der Waals surface area contributed by atoms with Gasteiger partial charge in [0, 0.05) is 30.6 Å². The number of carbonyl (C=O) groups is 3. The van der Waals surface area contributed by atoms with E-state index in [9.17, 15) is 14.4 Å². The highest BCUT2D eigenvalue weighted by atomic mass is 16.5. The van der Waals surface area contributed by atoms with Gasteiger partial charge in [0.2, 0.25) is 11.8 Å². The Labute approximate surface area is 177 Å². The molecule has 1 aliphatic carbocycles. The minimum absolute atomic E-state index is 0.147. The number of amides is 3. The van der Waals surface area contributed by atoms with E-state index in [4.69, 9.17) is 4.74 Å². The molecule has 0 aromatic heterocycles. The normalized spacial score (nSPS) is 26.5. The van der Waals surface area contributed by atoms with Crippen molar-refractivity contribution < 1.29 is 19.1 Å². The summed E-state index contributed by atoms with van der Waals surface area (Å²) in [6, 6.07) is 5.92. The van der Waals surface area contributed by atoms with Crippen molar-refractivity contribution in [1.82, 2.24) is 15.1 Å². The first-order valence-corrected chi connectivity index (χ1v) is 11.1. The molecule has 1 N–H and O–H groups in total. The van der Waals surface area contributed by atoms with Crippen LogP contribution in [0.1, 0.15) is 68.8 Å². The molecule has 7 nitrogen and oxygen atoms in total. The lowest BCUT2D eigenvalue weighted by Crippen LogP contribution is -2.52. The summed E-state index contributed by atoms with van der Waals surface area (Å²) < 4.78 is 6.40. The van der Waals surface area contributed by atoms with E-state index in [2.05, 4.69) is 31.0 Å². The van der Waals surface area contributed by atoms with E-state index in [1.165, 1.54) is 0 Å². The lowest BCUT2D eigenvalue weighted by Gasteiger charge is -2.35.